The summed E-state index contributed by atoms with van der Waals surface area (Å²) in [7, 11) is 6.55. The molecule has 0 unspecified atom stereocenters. The van der Waals surface area contributed by atoms with Crippen LogP contribution in [-0.4, -0.2) is 56.6 Å². The largest absolute Gasteiger partial charge is 0.330 e. The summed E-state index contributed by atoms with van der Waals surface area (Å²) in [6, 6.07) is 0.694. The second-order valence-electron chi connectivity index (χ2n) is 5.13. The van der Waals surface area contributed by atoms with Crippen molar-refractivity contribution < 1.29 is 0 Å². The van der Waals surface area contributed by atoms with E-state index in [1.54, 1.807) is 0 Å². The van der Waals surface area contributed by atoms with Crippen molar-refractivity contribution in [3.8, 4) is 0 Å². The van der Waals surface area contributed by atoms with Crippen LogP contribution in [0.2, 0.25) is 0 Å². The summed E-state index contributed by atoms with van der Waals surface area (Å²) in [5.41, 5.74) is 5.89. The molecule has 0 spiro atoms. The molecule has 1 aliphatic heterocycles. The highest BCUT2D eigenvalue weighted by Gasteiger charge is 2.26. The zero-order valence-corrected chi connectivity index (χ0v) is 10.6. The Morgan fingerprint density at radius 2 is 2.07 bits per heavy atom. The molecular weight excluding hydrogens is 186 g/mol. The van der Waals surface area contributed by atoms with E-state index in [0.717, 1.165) is 6.54 Å². The van der Waals surface area contributed by atoms with E-state index in [4.69, 9.17) is 5.73 Å². The minimum absolute atomic E-state index is 0.694. The topological polar surface area (TPSA) is 32.5 Å². The first-order valence-corrected chi connectivity index (χ1v) is 6.20. The van der Waals surface area contributed by atoms with Crippen molar-refractivity contribution >= 4 is 0 Å². The summed E-state index contributed by atoms with van der Waals surface area (Å²) in [5, 5.41) is 0. The third-order valence-corrected chi connectivity index (χ3v) is 3.62. The summed E-state index contributed by atoms with van der Waals surface area (Å²) < 4.78 is 0. The lowest BCUT2D eigenvalue weighted by molar-refractivity contribution is 0.170. The molecule has 0 aromatic heterocycles. The maximum Gasteiger partial charge on any atom is 0.0145 e. The van der Waals surface area contributed by atoms with Gasteiger partial charge in [0.2, 0.25) is 0 Å². The molecule has 0 bridgehead atoms. The van der Waals surface area contributed by atoms with Crippen molar-refractivity contribution in [1.82, 2.24) is 9.80 Å². The highest BCUT2D eigenvalue weighted by Crippen LogP contribution is 2.23. The first kappa shape index (κ1) is 12.9. The third kappa shape index (κ3) is 4.09. The maximum atomic E-state index is 5.89. The number of rotatable bonds is 4. The van der Waals surface area contributed by atoms with Gasteiger partial charge < -0.3 is 15.5 Å². The Labute approximate surface area is 94.6 Å². The quantitative estimate of drug-likeness (QED) is 0.756. The van der Waals surface area contributed by atoms with Crippen molar-refractivity contribution in [2.45, 2.75) is 31.7 Å². The van der Waals surface area contributed by atoms with E-state index in [-0.39, 0.29) is 0 Å². The van der Waals surface area contributed by atoms with Gasteiger partial charge in [0.25, 0.3) is 0 Å². The van der Waals surface area contributed by atoms with Gasteiger partial charge in [0.1, 0.15) is 0 Å². The van der Waals surface area contributed by atoms with E-state index >= 15 is 0 Å². The number of nitrogens with two attached hydrogens (primary N) is 1. The van der Waals surface area contributed by atoms with Gasteiger partial charge in [-0.2, -0.15) is 0 Å². The Bertz CT molecular complexity index is 170. The predicted molar refractivity (Wildman–Crippen MR) is 66.0 cm³/mol. The molecule has 0 aromatic carbocycles. The van der Waals surface area contributed by atoms with E-state index in [2.05, 4.69) is 30.9 Å². The van der Waals surface area contributed by atoms with Gasteiger partial charge in [-0.1, -0.05) is 6.42 Å². The van der Waals surface area contributed by atoms with E-state index in [0.29, 0.717) is 12.0 Å². The number of likely N-dealkylation sites (tertiary alicyclic amines) is 1. The van der Waals surface area contributed by atoms with Gasteiger partial charge in [-0.25, -0.2) is 0 Å². The highest BCUT2D eigenvalue weighted by molar-refractivity contribution is 4.82. The standard InChI is InChI=1S/C12H27N3/c1-14(2)9-7-12-11(10-13)6-4-5-8-15(12)3/h11-12H,4-10,13H2,1-3H3/t11-,12-/m1/s1. The molecule has 2 atom stereocenters. The normalized spacial score (nSPS) is 29.4. The SMILES string of the molecule is CN(C)CC[C@@H]1[C@@H](CN)CCCCN1C. The van der Waals surface area contributed by atoms with Crippen LogP contribution in [0.15, 0.2) is 0 Å². The van der Waals surface area contributed by atoms with Crippen molar-refractivity contribution in [3.05, 3.63) is 0 Å². The minimum atomic E-state index is 0.694. The molecule has 1 aliphatic rings. The molecule has 1 rings (SSSR count). The molecular formula is C12H27N3. The fraction of sp³-hybridized carbons (Fsp3) is 1.00. The Morgan fingerprint density at radius 1 is 1.33 bits per heavy atom. The van der Waals surface area contributed by atoms with Crippen molar-refractivity contribution in [2.24, 2.45) is 11.7 Å². The minimum Gasteiger partial charge on any atom is -0.330 e. The molecule has 1 fully saturated rings. The first-order chi connectivity index (χ1) is 7.15. The van der Waals surface area contributed by atoms with Crippen LogP contribution >= 0.6 is 0 Å². The number of hydrogen-bond acceptors (Lipinski definition) is 3. The van der Waals surface area contributed by atoms with E-state index < -0.39 is 0 Å². The first-order valence-electron chi connectivity index (χ1n) is 6.20. The second-order valence-corrected chi connectivity index (χ2v) is 5.13. The van der Waals surface area contributed by atoms with Crippen molar-refractivity contribution in [1.29, 1.82) is 0 Å². The van der Waals surface area contributed by atoms with E-state index in [1.165, 1.54) is 38.8 Å². The van der Waals surface area contributed by atoms with Crippen LogP contribution in [0.25, 0.3) is 0 Å². The average Bonchev–Trinajstić information content (AvgIpc) is 2.37. The van der Waals surface area contributed by atoms with Crippen LogP contribution in [0, 0.1) is 5.92 Å². The van der Waals surface area contributed by atoms with E-state index in [9.17, 15) is 0 Å². The van der Waals surface area contributed by atoms with E-state index in [1.807, 2.05) is 0 Å². The van der Waals surface area contributed by atoms with Crippen LogP contribution < -0.4 is 5.73 Å². The molecule has 90 valence electrons. The molecule has 0 radical (unpaired) electrons. The lowest BCUT2D eigenvalue weighted by Gasteiger charge is -2.32. The summed E-state index contributed by atoms with van der Waals surface area (Å²) in [6.07, 6.45) is 5.26. The zero-order valence-electron chi connectivity index (χ0n) is 10.6. The zero-order chi connectivity index (χ0) is 11.3. The van der Waals surface area contributed by atoms with Gasteiger partial charge in [-0.15, -0.1) is 0 Å². The van der Waals surface area contributed by atoms with Gasteiger partial charge in [0, 0.05) is 6.04 Å². The monoisotopic (exact) mass is 213 g/mol. The molecule has 0 aliphatic carbocycles. The second kappa shape index (κ2) is 6.46. The molecule has 3 heteroatoms. The molecule has 0 amide bonds. The predicted octanol–water partition coefficient (Wildman–Crippen LogP) is 0.997. The van der Waals surface area contributed by atoms with Crippen LogP contribution in [-0.2, 0) is 0 Å². The smallest absolute Gasteiger partial charge is 0.0145 e. The summed E-state index contributed by atoms with van der Waals surface area (Å²) in [5.74, 6) is 0.706. The molecule has 2 N–H and O–H groups in total. The van der Waals surface area contributed by atoms with Crippen molar-refractivity contribution in [2.75, 3.05) is 40.8 Å². The molecule has 1 saturated heterocycles. The van der Waals surface area contributed by atoms with Crippen molar-refractivity contribution in [3.63, 3.8) is 0 Å². The Kier molecular flexibility index (Phi) is 5.58. The summed E-state index contributed by atoms with van der Waals surface area (Å²) >= 11 is 0. The lowest BCUT2D eigenvalue weighted by atomic mass is 9.92. The third-order valence-electron chi connectivity index (χ3n) is 3.62. The average molecular weight is 213 g/mol. The Balaban J connectivity index is 2.51. The Morgan fingerprint density at radius 3 is 2.67 bits per heavy atom. The van der Waals surface area contributed by atoms with Crippen LogP contribution in [0.3, 0.4) is 0 Å². The number of hydrogen-bond donors (Lipinski definition) is 1. The summed E-state index contributed by atoms with van der Waals surface area (Å²) in [6.45, 7) is 3.27. The highest BCUT2D eigenvalue weighted by atomic mass is 15.1. The summed E-state index contributed by atoms with van der Waals surface area (Å²) in [4.78, 5) is 4.79. The molecule has 3 nitrogen and oxygen atoms in total. The fourth-order valence-electron chi connectivity index (χ4n) is 2.61. The van der Waals surface area contributed by atoms with Gasteiger partial charge in [0.05, 0.1) is 0 Å². The Hall–Kier alpha value is -0.120. The molecule has 1 heterocycles. The maximum absolute atomic E-state index is 5.89. The fourth-order valence-corrected chi connectivity index (χ4v) is 2.61. The molecule has 15 heavy (non-hydrogen) atoms. The van der Waals surface area contributed by atoms with Crippen LogP contribution in [0.4, 0.5) is 0 Å². The van der Waals surface area contributed by atoms with Crippen LogP contribution in [0.5, 0.6) is 0 Å². The lowest BCUT2D eigenvalue weighted by Crippen LogP contribution is -2.41. The molecule has 0 aromatic rings. The number of nitrogens with zero attached hydrogens (tertiary/aromatic N) is 2. The van der Waals surface area contributed by atoms with Gasteiger partial charge in [-0.05, 0) is 66.0 Å². The van der Waals surface area contributed by atoms with Crippen LogP contribution in [0.1, 0.15) is 25.7 Å². The van der Waals surface area contributed by atoms with Gasteiger partial charge in [-0.3, -0.25) is 0 Å². The van der Waals surface area contributed by atoms with Gasteiger partial charge >= 0.3 is 0 Å². The molecule has 0 saturated carbocycles. The van der Waals surface area contributed by atoms with Gasteiger partial charge in [0.15, 0.2) is 0 Å².